The summed E-state index contributed by atoms with van der Waals surface area (Å²) < 4.78 is 0. The van der Waals surface area contributed by atoms with Crippen molar-refractivity contribution in [1.29, 1.82) is 0 Å². The standard InChI is InChI=1S/C15H22N2OS/c1-15(2)7-13(9-19-10-15)17-8-11-4-3-5-12(6-11)14(16)18/h3-6,13,17H,7-10H2,1-2H3,(H2,16,18). The van der Waals surface area contributed by atoms with Crippen LogP contribution in [0.15, 0.2) is 24.3 Å². The Bertz CT molecular complexity index is 459. The van der Waals surface area contributed by atoms with Gasteiger partial charge in [0.15, 0.2) is 0 Å². The third-order valence-electron chi connectivity index (χ3n) is 3.42. The molecule has 1 aliphatic rings. The number of primary amides is 1. The van der Waals surface area contributed by atoms with Gasteiger partial charge in [-0.3, -0.25) is 4.79 Å². The average Bonchev–Trinajstić information content (AvgIpc) is 2.35. The number of carbonyl (C=O) groups excluding carboxylic acids is 1. The zero-order valence-corrected chi connectivity index (χ0v) is 12.4. The number of hydrogen-bond donors (Lipinski definition) is 2. The summed E-state index contributed by atoms with van der Waals surface area (Å²) in [5, 5.41) is 3.59. The summed E-state index contributed by atoms with van der Waals surface area (Å²) >= 11 is 2.02. The third kappa shape index (κ3) is 4.25. The van der Waals surface area contributed by atoms with Gasteiger partial charge in [0, 0.05) is 23.9 Å². The molecule has 3 nitrogen and oxygen atoms in total. The molecule has 104 valence electrons. The van der Waals surface area contributed by atoms with Crippen LogP contribution >= 0.6 is 11.8 Å². The quantitative estimate of drug-likeness (QED) is 0.889. The molecule has 0 spiro atoms. The molecule has 1 heterocycles. The van der Waals surface area contributed by atoms with E-state index in [-0.39, 0.29) is 5.91 Å². The van der Waals surface area contributed by atoms with Crippen molar-refractivity contribution in [2.75, 3.05) is 11.5 Å². The number of amides is 1. The smallest absolute Gasteiger partial charge is 0.248 e. The van der Waals surface area contributed by atoms with Crippen LogP contribution in [0.5, 0.6) is 0 Å². The lowest BCUT2D eigenvalue weighted by atomic mass is 9.88. The minimum absolute atomic E-state index is 0.365. The molecule has 19 heavy (non-hydrogen) atoms. The molecule has 0 aromatic heterocycles. The Morgan fingerprint density at radius 3 is 3.00 bits per heavy atom. The zero-order chi connectivity index (χ0) is 13.9. The van der Waals surface area contributed by atoms with Crippen molar-refractivity contribution in [3.05, 3.63) is 35.4 Å². The molecule has 0 radical (unpaired) electrons. The molecule has 1 aromatic carbocycles. The van der Waals surface area contributed by atoms with Crippen LogP contribution in [0.4, 0.5) is 0 Å². The molecule has 1 fully saturated rings. The van der Waals surface area contributed by atoms with E-state index >= 15 is 0 Å². The second-order valence-electron chi connectivity index (χ2n) is 6.03. The van der Waals surface area contributed by atoms with E-state index in [1.165, 1.54) is 17.9 Å². The average molecular weight is 278 g/mol. The van der Waals surface area contributed by atoms with Gasteiger partial charge >= 0.3 is 0 Å². The lowest BCUT2D eigenvalue weighted by Crippen LogP contribution is -2.39. The zero-order valence-electron chi connectivity index (χ0n) is 11.6. The first-order chi connectivity index (χ1) is 8.96. The molecular formula is C15H22N2OS. The second kappa shape index (κ2) is 5.97. The maximum atomic E-state index is 11.1. The number of hydrogen-bond acceptors (Lipinski definition) is 3. The summed E-state index contributed by atoms with van der Waals surface area (Å²) in [5.74, 6) is 2.04. The molecule has 1 aromatic rings. The summed E-state index contributed by atoms with van der Waals surface area (Å²) in [5.41, 5.74) is 7.40. The highest BCUT2D eigenvalue weighted by Gasteiger charge is 2.27. The molecule has 0 saturated carbocycles. The van der Waals surface area contributed by atoms with Gasteiger partial charge in [0.05, 0.1) is 0 Å². The van der Waals surface area contributed by atoms with E-state index in [0.717, 1.165) is 12.1 Å². The van der Waals surface area contributed by atoms with Gasteiger partial charge in [-0.2, -0.15) is 11.8 Å². The van der Waals surface area contributed by atoms with Crippen molar-refractivity contribution >= 4 is 17.7 Å². The molecule has 2 rings (SSSR count). The van der Waals surface area contributed by atoms with Gasteiger partial charge in [-0.25, -0.2) is 0 Å². The summed E-state index contributed by atoms with van der Waals surface area (Å²) in [6, 6.07) is 8.09. The van der Waals surface area contributed by atoms with Crippen LogP contribution in [-0.2, 0) is 6.54 Å². The molecule has 0 bridgehead atoms. The first-order valence-corrected chi connectivity index (χ1v) is 7.82. The minimum atomic E-state index is -0.365. The molecule has 0 aliphatic carbocycles. The fourth-order valence-electron chi connectivity index (χ4n) is 2.49. The second-order valence-corrected chi connectivity index (χ2v) is 7.06. The fraction of sp³-hybridized carbons (Fsp3) is 0.533. The Kier molecular flexibility index (Phi) is 4.53. The number of nitrogens with one attached hydrogen (secondary N) is 1. The van der Waals surface area contributed by atoms with Crippen LogP contribution in [-0.4, -0.2) is 23.5 Å². The summed E-state index contributed by atoms with van der Waals surface area (Å²) in [6.45, 7) is 5.44. The van der Waals surface area contributed by atoms with Crippen LogP contribution in [0.25, 0.3) is 0 Å². The first-order valence-electron chi connectivity index (χ1n) is 6.66. The van der Waals surface area contributed by atoms with Gasteiger partial charge in [0.2, 0.25) is 5.91 Å². The molecule has 1 unspecified atom stereocenters. The van der Waals surface area contributed by atoms with Crippen LogP contribution in [0.1, 0.15) is 36.2 Å². The Morgan fingerprint density at radius 1 is 1.53 bits per heavy atom. The third-order valence-corrected chi connectivity index (χ3v) is 5.04. The van der Waals surface area contributed by atoms with E-state index in [1.54, 1.807) is 6.07 Å². The van der Waals surface area contributed by atoms with Crippen LogP contribution < -0.4 is 11.1 Å². The highest BCUT2D eigenvalue weighted by atomic mass is 32.2. The Labute approximate surface area is 119 Å². The minimum Gasteiger partial charge on any atom is -0.366 e. The Morgan fingerprint density at radius 2 is 2.32 bits per heavy atom. The lowest BCUT2D eigenvalue weighted by molar-refractivity contribution is 0.1000. The van der Waals surface area contributed by atoms with Gasteiger partial charge in [0.25, 0.3) is 0 Å². The Hall–Kier alpha value is -1.00. The summed E-state index contributed by atoms with van der Waals surface area (Å²) in [7, 11) is 0. The van der Waals surface area contributed by atoms with Crippen molar-refractivity contribution in [3.8, 4) is 0 Å². The number of benzene rings is 1. The van der Waals surface area contributed by atoms with Crippen molar-refractivity contribution in [3.63, 3.8) is 0 Å². The predicted molar refractivity (Wildman–Crippen MR) is 81.3 cm³/mol. The number of nitrogens with two attached hydrogens (primary N) is 1. The SMILES string of the molecule is CC1(C)CSCC(NCc2cccc(C(N)=O)c2)C1. The fourth-order valence-corrected chi connectivity index (χ4v) is 3.80. The topological polar surface area (TPSA) is 55.1 Å². The highest BCUT2D eigenvalue weighted by Crippen LogP contribution is 2.33. The molecule has 1 saturated heterocycles. The first kappa shape index (κ1) is 14.4. The molecule has 1 amide bonds. The largest absolute Gasteiger partial charge is 0.366 e. The van der Waals surface area contributed by atoms with E-state index in [2.05, 4.69) is 19.2 Å². The lowest BCUT2D eigenvalue weighted by Gasteiger charge is -2.35. The maximum absolute atomic E-state index is 11.1. The number of carbonyl (C=O) groups is 1. The summed E-state index contributed by atoms with van der Waals surface area (Å²) in [6.07, 6.45) is 1.20. The maximum Gasteiger partial charge on any atom is 0.248 e. The van der Waals surface area contributed by atoms with Gasteiger partial charge in [-0.05, 0) is 35.3 Å². The van der Waals surface area contributed by atoms with Crippen LogP contribution in [0.2, 0.25) is 0 Å². The van der Waals surface area contributed by atoms with E-state index in [1.807, 2.05) is 30.0 Å². The van der Waals surface area contributed by atoms with Gasteiger partial charge in [-0.1, -0.05) is 26.0 Å². The normalized spacial score (nSPS) is 22.1. The van der Waals surface area contributed by atoms with Gasteiger partial charge < -0.3 is 11.1 Å². The van der Waals surface area contributed by atoms with E-state index in [0.29, 0.717) is 17.0 Å². The van der Waals surface area contributed by atoms with Crippen molar-refractivity contribution in [2.24, 2.45) is 11.1 Å². The van der Waals surface area contributed by atoms with Crippen LogP contribution in [0, 0.1) is 5.41 Å². The molecular weight excluding hydrogens is 256 g/mol. The number of thioether (sulfide) groups is 1. The van der Waals surface area contributed by atoms with Crippen molar-refractivity contribution in [1.82, 2.24) is 5.32 Å². The van der Waals surface area contributed by atoms with E-state index in [4.69, 9.17) is 5.73 Å². The highest BCUT2D eigenvalue weighted by molar-refractivity contribution is 7.99. The monoisotopic (exact) mass is 278 g/mol. The predicted octanol–water partition coefficient (Wildman–Crippen LogP) is 2.41. The molecule has 1 atom stereocenters. The molecule has 3 N–H and O–H groups in total. The Balaban J connectivity index is 1.91. The van der Waals surface area contributed by atoms with E-state index in [9.17, 15) is 4.79 Å². The number of rotatable bonds is 4. The van der Waals surface area contributed by atoms with Gasteiger partial charge in [-0.15, -0.1) is 0 Å². The molecule has 1 aliphatic heterocycles. The van der Waals surface area contributed by atoms with Crippen molar-refractivity contribution in [2.45, 2.75) is 32.9 Å². The molecule has 4 heteroatoms. The van der Waals surface area contributed by atoms with E-state index < -0.39 is 0 Å². The van der Waals surface area contributed by atoms with Crippen molar-refractivity contribution < 1.29 is 4.79 Å². The van der Waals surface area contributed by atoms with Gasteiger partial charge in [0.1, 0.15) is 0 Å². The van der Waals surface area contributed by atoms with Crippen LogP contribution in [0.3, 0.4) is 0 Å². The summed E-state index contributed by atoms with van der Waals surface area (Å²) in [4.78, 5) is 11.1.